The predicted octanol–water partition coefficient (Wildman–Crippen LogP) is 8.99. The minimum Gasteiger partial charge on any atom is -0.359 e. The van der Waals surface area contributed by atoms with Gasteiger partial charge in [0.2, 0.25) is 0 Å². The molecule has 0 amide bonds. The first-order chi connectivity index (χ1) is 21.4. The Labute approximate surface area is 281 Å². The highest BCUT2D eigenvalue weighted by Gasteiger charge is 2.42. The molecular weight excluding hydrogens is 690 g/mol. The molecule has 0 saturated carbocycles. The van der Waals surface area contributed by atoms with Gasteiger partial charge in [0.15, 0.2) is 0 Å². The molecule has 13 heteroatoms. The van der Waals surface area contributed by atoms with Gasteiger partial charge in [-0.1, -0.05) is 49.2 Å². The number of anilines is 1. The van der Waals surface area contributed by atoms with Crippen LogP contribution in [-0.4, -0.2) is 46.4 Å². The van der Waals surface area contributed by atoms with Crippen molar-refractivity contribution in [3.05, 3.63) is 87.5 Å². The van der Waals surface area contributed by atoms with Crippen LogP contribution in [0, 0.1) is 13.8 Å². The van der Waals surface area contributed by atoms with Crippen molar-refractivity contribution in [2.45, 2.75) is 42.5 Å². The molecule has 45 heavy (non-hydrogen) atoms. The van der Waals surface area contributed by atoms with Gasteiger partial charge in [-0.05, 0) is 103 Å². The summed E-state index contributed by atoms with van der Waals surface area (Å²) in [5.41, 5.74) is 2.33. The molecular formula is C32H31Cl2N3O4S4. The van der Waals surface area contributed by atoms with Crippen LogP contribution in [0.4, 0.5) is 5.69 Å². The zero-order valence-electron chi connectivity index (χ0n) is 25.0. The van der Waals surface area contributed by atoms with Crippen molar-refractivity contribution >= 4 is 103 Å². The van der Waals surface area contributed by atoms with E-state index in [0.717, 1.165) is 59.7 Å². The van der Waals surface area contributed by atoms with Crippen molar-refractivity contribution in [3.63, 3.8) is 0 Å². The van der Waals surface area contributed by atoms with E-state index in [4.69, 9.17) is 23.2 Å². The quantitative estimate of drug-likeness (QED) is 0.153. The summed E-state index contributed by atoms with van der Waals surface area (Å²) < 4.78 is 61.2. The van der Waals surface area contributed by atoms with Gasteiger partial charge >= 0.3 is 0 Å². The molecule has 0 aliphatic heterocycles. The van der Waals surface area contributed by atoms with Gasteiger partial charge in [0.25, 0.3) is 20.0 Å². The molecule has 6 aromatic rings. The van der Waals surface area contributed by atoms with Gasteiger partial charge in [-0.3, -0.25) is 0 Å². The van der Waals surface area contributed by atoms with Crippen molar-refractivity contribution in [2.24, 2.45) is 0 Å². The molecule has 3 aromatic heterocycles. The molecule has 7 nitrogen and oxygen atoms in total. The Morgan fingerprint density at radius 1 is 0.756 bits per heavy atom. The second-order valence-electron chi connectivity index (χ2n) is 10.8. The summed E-state index contributed by atoms with van der Waals surface area (Å²) >= 11 is 14.6. The number of hydrogen-bond donors (Lipinski definition) is 1. The molecule has 1 N–H and O–H groups in total. The fourth-order valence-electron chi connectivity index (χ4n) is 5.75. The third kappa shape index (κ3) is 5.56. The van der Waals surface area contributed by atoms with Crippen molar-refractivity contribution in [3.8, 4) is 0 Å². The number of fused-ring (bicyclic) bond motifs is 3. The average molecular weight is 721 g/mol. The summed E-state index contributed by atoms with van der Waals surface area (Å²) in [5.74, 6) is 0. The molecule has 0 spiro atoms. The van der Waals surface area contributed by atoms with Crippen LogP contribution in [-0.2, 0) is 26.5 Å². The first-order valence-corrected chi connectivity index (χ1v) is 19.6. The van der Waals surface area contributed by atoms with E-state index in [1.165, 1.54) is 0 Å². The second kappa shape index (κ2) is 12.2. The molecule has 0 fully saturated rings. The molecule has 0 atom stereocenters. The number of hydrogen-bond acceptors (Lipinski definition) is 7. The van der Waals surface area contributed by atoms with E-state index in [0.29, 0.717) is 50.6 Å². The van der Waals surface area contributed by atoms with Crippen LogP contribution in [0.25, 0.3) is 31.1 Å². The Kier molecular flexibility index (Phi) is 8.75. The van der Waals surface area contributed by atoms with Gasteiger partial charge < -0.3 is 9.88 Å². The first-order valence-electron chi connectivity index (χ1n) is 14.4. The zero-order chi connectivity index (χ0) is 32.3. The normalized spacial score (nSPS) is 12.7. The summed E-state index contributed by atoms with van der Waals surface area (Å²) in [5, 5.41) is 3.02. The Balaban J connectivity index is 1.60. The van der Waals surface area contributed by atoms with Crippen molar-refractivity contribution in [2.75, 3.05) is 23.3 Å². The lowest BCUT2D eigenvalue weighted by molar-refractivity contribution is 0.308. The molecule has 0 radical (unpaired) electrons. The van der Waals surface area contributed by atoms with Crippen LogP contribution in [0.1, 0.15) is 30.5 Å². The van der Waals surface area contributed by atoms with Gasteiger partial charge in [0.05, 0.1) is 11.2 Å². The van der Waals surface area contributed by atoms with Crippen LogP contribution in [0.15, 0.2) is 69.2 Å². The maximum atomic E-state index is 14.8. The summed E-state index contributed by atoms with van der Waals surface area (Å²) in [6, 6.07) is 15.4. The van der Waals surface area contributed by atoms with Gasteiger partial charge in [0, 0.05) is 37.6 Å². The number of rotatable bonds is 10. The monoisotopic (exact) mass is 719 g/mol. The van der Waals surface area contributed by atoms with Crippen molar-refractivity contribution in [1.29, 1.82) is 0 Å². The van der Waals surface area contributed by atoms with Crippen LogP contribution in [0.2, 0.25) is 10.0 Å². The van der Waals surface area contributed by atoms with E-state index in [1.807, 2.05) is 12.3 Å². The van der Waals surface area contributed by atoms with E-state index in [-0.39, 0.29) is 14.1 Å². The van der Waals surface area contributed by atoms with Crippen molar-refractivity contribution < 1.29 is 16.8 Å². The van der Waals surface area contributed by atoms with E-state index >= 15 is 0 Å². The summed E-state index contributed by atoms with van der Waals surface area (Å²) in [7, 11) is -9.34. The number of H-pyrrole nitrogens is 1. The highest BCUT2D eigenvalue weighted by Crippen LogP contribution is 2.45. The average Bonchev–Trinajstić information content (AvgIpc) is 3.68. The Morgan fingerprint density at radius 3 is 1.80 bits per heavy atom. The number of nitrogens with one attached hydrogen (secondary N) is 1. The van der Waals surface area contributed by atoms with E-state index in [1.54, 1.807) is 62.4 Å². The summed E-state index contributed by atoms with van der Waals surface area (Å²) in [4.78, 5) is 5.53. The number of aryl methyl sites for hydroxylation is 2. The van der Waals surface area contributed by atoms with E-state index in [2.05, 4.69) is 23.7 Å². The number of benzene rings is 3. The van der Waals surface area contributed by atoms with Crippen LogP contribution >= 0.6 is 45.9 Å². The Morgan fingerprint density at radius 2 is 1.29 bits per heavy atom. The lowest BCUT2D eigenvalue weighted by Crippen LogP contribution is -2.37. The standard InChI is InChI=1S/C32H31Cl2N3O4S4/c1-5-36(6-2)15-14-21-18-35-30-24(21)8-7-9-27(30)37(44(38,39)31-19(3)25-16-22(33)10-12-28(25)42-31)45(40,41)32-20(4)26-17-23(34)11-13-29(26)43-32/h7-13,16-18,35H,5-6,14-15H2,1-4H3. The van der Waals surface area contributed by atoms with E-state index < -0.39 is 20.0 Å². The lowest BCUT2D eigenvalue weighted by Gasteiger charge is -2.24. The maximum absolute atomic E-state index is 14.8. The topological polar surface area (TPSA) is 90.6 Å². The first kappa shape index (κ1) is 32.3. The fraction of sp³-hybridized carbons (Fsp3) is 0.250. The van der Waals surface area contributed by atoms with Crippen LogP contribution in [0.5, 0.6) is 0 Å². The van der Waals surface area contributed by atoms with E-state index in [9.17, 15) is 16.8 Å². The Bertz CT molecular complexity index is 2190. The molecule has 236 valence electrons. The largest absolute Gasteiger partial charge is 0.359 e. The third-order valence-corrected chi connectivity index (χ3v) is 16.5. The van der Waals surface area contributed by atoms with Crippen molar-refractivity contribution in [1.82, 2.24) is 9.88 Å². The fourth-order valence-corrected chi connectivity index (χ4v) is 13.6. The minimum absolute atomic E-state index is 0.0337. The maximum Gasteiger partial charge on any atom is 0.287 e. The number of thiophene rings is 2. The SMILES string of the molecule is CCN(CC)CCc1c[nH]c2c(N(S(=O)(=O)c3sc4ccc(Cl)cc4c3C)S(=O)(=O)c3sc4ccc(Cl)cc4c3C)cccc12. The minimum atomic E-state index is -4.67. The number of halogens is 2. The van der Waals surface area contributed by atoms with Gasteiger partial charge in [-0.25, -0.2) is 0 Å². The Hall–Kier alpha value is -2.64. The molecule has 0 aliphatic carbocycles. The molecule has 6 rings (SSSR count). The second-order valence-corrected chi connectivity index (χ2v) is 18.0. The molecule has 0 bridgehead atoms. The molecule has 0 saturated heterocycles. The lowest BCUT2D eigenvalue weighted by atomic mass is 10.1. The molecule has 3 heterocycles. The number of sulfonamides is 2. The van der Waals surface area contributed by atoms with Crippen LogP contribution in [0.3, 0.4) is 0 Å². The number of aromatic nitrogens is 1. The highest BCUT2D eigenvalue weighted by atomic mass is 35.5. The number of nitrogens with zero attached hydrogens (tertiary/aromatic N) is 2. The number of para-hydroxylation sites is 1. The van der Waals surface area contributed by atoms with Crippen LogP contribution < -0.4 is 3.71 Å². The molecule has 3 aromatic carbocycles. The highest BCUT2D eigenvalue weighted by molar-refractivity contribution is 8.12. The zero-order valence-corrected chi connectivity index (χ0v) is 29.8. The summed E-state index contributed by atoms with van der Waals surface area (Å²) in [6.45, 7) is 10.2. The smallest absolute Gasteiger partial charge is 0.287 e. The van der Waals surface area contributed by atoms with Gasteiger partial charge in [0.1, 0.15) is 8.42 Å². The third-order valence-electron chi connectivity index (χ3n) is 8.18. The van der Waals surface area contributed by atoms with Gasteiger partial charge in [-0.2, -0.15) is 20.5 Å². The molecule has 0 unspecified atom stereocenters. The number of likely N-dealkylation sites (N-methyl/N-ethyl adjacent to an activating group) is 1. The van der Waals surface area contributed by atoms with Gasteiger partial charge in [-0.15, -0.1) is 22.7 Å². The molecule has 0 aliphatic rings. The predicted molar refractivity (Wildman–Crippen MR) is 190 cm³/mol. The number of aromatic amines is 1. The summed E-state index contributed by atoms with van der Waals surface area (Å²) in [6.07, 6.45) is 2.56.